The van der Waals surface area contributed by atoms with Crippen molar-refractivity contribution in [3.05, 3.63) is 51.9 Å². The van der Waals surface area contributed by atoms with Crippen molar-refractivity contribution < 1.29 is 9.84 Å². The van der Waals surface area contributed by atoms with Gasteiger partial charge in [0.25, 0.3) is 5.56 Å². The molecule has 1 aromatic heterocycles. The number of rotatable bonds is 4. The summed E-state index contributed by atoms with van der Waals surface area (Å²) in [6.45, 7) is 6.10. The Morgan fingerprint density at radius 1 is 1.27 bits per heavy atom. The fourth-order valence-electron chi connectivity index (χ4n) is 5.55. The van der Waals surface area contributed by atoms with Gasteiger partial charge in [0.1, 0.15) is 0 Å². The van der Waals surface area contributed by atoms with E-state index in [4.69, 9.17) is 4.74 Å². The van der Waals surface area contributed by atoms with E-state index in [1.807, 2.05) is 49.0 Å². The molecule has 0 aliphatic carbocycles. The van der Waals surface area contributed by atoms with Gasteiger partial charge in [-0.2, -0.15) is 0 Å². The molecule has 9 heteroatoms. The van der Waals surface area contributed by atoms with Crippen molar-refractivity contribution in [2.24, 2.45) is 18.9 Å². The summed E-state index contributed by atoms with van der Waals surface area (Å²) in [5, 5.41) is 13.4. The minimum Gasteiger partial charge on any atom is -0.396 e. The number of para-hydroxylation sites is 1. The zero-order valence-corrected chi connectivity index (χ0v) is 18.9. The van der Waals surface area contributed by atoms with Gasteiger partial charge in [-0.05, 0) is 19.1 Å². The SMILES string of the molecule is Cc1c(CN2C[C@@H]3[C@H](CO)[C@H]4CNC[C@]3(C2)O4)c(=O)n(-c2ccccc2)n1C.Cl.Cl. The summed E-state index contributed by atoms with van der Waals surface area (Å²) in [5.41, 5.74) is 2.52. The second-order valence-corrected chi connectivity index (χ2v) is 8.51. The Balaban J connectivity index is 0.00000128. The van der Waals surface area contributed by atoms with Gasteiger partial charge < -0.3 is 15.2 Å². The highest BCUT2D eigenvalue weighted by Gasteiger charge is 2.60. The van der Waals surface area contributed by atoms with Crippen LogP contribution in [0, 0.1) is 18.8 Å². The maximum atomic E-state index is 13.2. The Morgan fingerprint density at radius 2 is 2.00 bits per heavy atom. The Hall–Kier alpha value is -1.35. The Kier molecular flexibility index (Phi) is 6.72. The Labute approximate surface area is 188 Å². The lowest BCUT2D eigenvalue weighted by molar-refractivity contribution is -0.0746. The first-order chi connectivity index (χ1) is 13.5. The molecule has 4 heterocycles. The summed E-state index contributed by atoms with van der Waals surface area (Å²) in [4.78, 5) is 15.5. The molecular formula is C21H30Cl2N4O3. The number of halogens is 2. The average molecular weight is 457 g/mol. The molecular weight excluding hydrogens is 427 g/mol. The molecule has 2 bridgehead atoms. The van der Waals surface area contributed by atoms with Gasteiger partial charge in [-0.25, -0.2) is 4.68 Å². The number of likely N-dealkylation sites (tertiary alicyclic amines) is 1. The van der Waals surface area contributed by atoms with Crippen LogP contribution >= 0.6 is 24.8 Å². The lowest BCUT2D eigenvalue weighted by atomic mass is 9.83. The largest absolute Gasteiger partial charge is 0.396 e. The van der Waals surface area contributed by atoms with Crippen LogP contribution in [0.4, 0.5) is 0 Å². The summed E-state index contributed by atoms with van der Waals surface area (Å²) in [6, 6.07) is 9.76. The van der Waals surface area contributed by atoms with Crippen molar-refractivity contribution in [3.8, 4) is 5.69 Å². The number of aromatic nitrogens is 2. The first-order valence-corrected chi connectivity index (χ1v) is 10.1. The van der Waals surface area contributed by atoms with Crippen LogP contribution in [-0.2, 0) is 18.3 Å². The zero-order valence-electron chi connectivity index (χ0n) is 17.3. The normalized spacial score (nSPS) is 29.9. The molecule has 30 heavy (non-hydrogen) atoms. The lowest BCUT2D eigenvalue weighted by Crippen LogP contribution is -2.52. The van der Waals surface area contributed by atoms with Crippen molar-refractivity contribution >= 4 is 24.8 Å². The van der Waals surface area contributed by atoms with Crippen LogP contribution in [0.1, 0.15) is 11.3 Å². The highest BCUT2D eigenvalue weighted by molar-refractivity contribution is 5.85. The third kappa shape index (κ3) is 3.42. The second-order valence-electron chi connectivity index (χ2n) is 8.51. The standard InChI is InChI=1S/C21H28N4O3.2ClH/c1-14-16(20(27)25(23(14)2)15-6-4-3-5-7-15)9-24-10-18-17(11-26)19-8-22-12-21(18,13-24)28-19;;/h3-7,17-19,22,26H,8-13H2,1-2H3;2*1H/t17-,18+,19+,21+;;/m0../s1. The van der Waals surface area contributed by atoms with Gasteiger partial charge in [0.15, 0.2) is 0 Å². The summed E-state index contributed by atoms with van der Waals surface area (Å²) in [7, 11) is 1.94. The lowest BCUT2D eigenvalue weighted by Gasteiger charge is -2.34. The number of nitrogens with zero attached hydrogens (tertiary/aromatic N) is 3. The topological polar surface area (TPSA) is 71.7 Å². The van der Waals surface area contributed by atoms with Crippen LogP contribution in [-0.4, -0.2) is 63.9 Å². The van der Waals surface area contributed by atoms with E-state index in [9.17, 15) is 9.90 Å². The number of fused-ring (bicyclic) bond motifs is 1. The monoisotopic (exact) mass is 456 g/mol. The van der Waals surface area contributed by atoms with Gasteiger partial charge in [-0.1, -0.05) is 18.2 Å². The number of hydrogen-bond acceptors (Lipinski definition) is 5. The van der Waals surface area contributed by atoms with Gasteiger partial charge >= 0.3 is 0 Å². The number of aliphatic hydroxyl groups excluding tert-OH is 1. The molecule has 4 atom stereocenters. The van der Waals surface area contributed by atoms with Crippen LogP contribution < -0.4 is 10.9 Å². The van der Waals surface area contributed by atoms with Crippen molar-refractivity contribution in [3.63, 3.8) is 0 Å². The molecule has 3 aliphatic heterocycles. The molecule has 0 saturated carbocycles. The Morgan fingerprint density at radius 3 is 2.70 bits per heavy atom. The minimum absolute atomic E-state index is 0. The van der Waals surface area contributed by atoms with Crippen LogP contribution in [0.15, 0.2) is 35.1 Å². The molecule has 7 nitrogen and oxygen atoms in total. The molecule has 3 saturated heterocycles. The van der Waals surface area contributed by atoms with E-state index < -0.39 is 0 Å². The van der Waals surface area contributed by atoms with Gasteiger partial charge in [-0.3, -0.25) is 14.4 Å². The molecule has 1 aromatic carbocycles. The molecule has 0 radical (unpaired) electrons. The van der Waals surface area contributed by atoms with E-state index in [0.717, 1.165) is 43.1 Å². The first-order valence-electron chi connectivity index (χ1n) is 10.1. The summed E-state index contributed by atoms with van der Waals surface area (Å²) < 4.78 is 10.1. The van der Waals surface area contributed by atoms with Gasteiger partial charge in [0.05, 0.1) is 23.0 Å². The number of nitrogens with one attached hydrogen (secondary N) is 1. The maximum Gasteiger partial charge on any atom is 0.276 e. The molecule has 2 aromatic rings. The van der Waals surface area contributed by atoms with E-state index in [0.29, 0.717) is 12.5 Å². The van der Waals surface area contributed by atoms with E-state index >= 15 is 0 Å². The fraction of sp³-hybridized carbons (Fsp3) is 0.571. The van der Waals surface area contributed by atoms with Crippen LogP contribution in [0.5, 0.6) is 0 Å². The molecule has 0 amide bonds. The molecule has 3 aliphatic rings. The van der Waals surface area contributed by atoms with Crippen molar-refractivity contribution in [1.29, 1.82) is 0 Å². The van der Waals surface area contributed by atoms with Gasteiger partial charge in [0, 0.05) is 63.9 Å². The summed E-state index contributed by atoms with van der Waals surface area (Å²) in [6.07, 6.45) is 0.111. The van der Waals surface area contributed by atoms with Crippen molar-refractivity contribution in [1.82, 2.24) is 19.6 Å². The van der Waals surface area contributed by atoms with Crippen LogP contribution in [0.2, 0.25) is 0 Å². The highest BCUT2D eigenvalue weighted by Crippen LogP contribution is 2.47. The Bertz CT molecular complexity index is 948. The molecule has 0 unspecified atom stereocenters. The maximum absolute atomic E-state index is 13.2. The number of hydrogen-bond donors (Lipinski definition) is 2. The quantitative estimate of drug-likeness (QED) is 0.720. The zero-order chi connectivity index (χ0) is 19.5. The molecule has 5 rings (SSSR count). The average Bonchev–Trinajstić information content (AvgIpc) is 3.20. The summed E-state index contributed by atoms with van der Waals surface area (Å²) >= 11 is 0. The fourth-order valence-corrected chi connectivity index (χ4v) is 5.55. The highest BCUT2D eigenvalue weighted by atomic mass is 35.5. The first kappa shape index (κ1) is 23.3. The third-order valence-corrected chi connectivity index (χ3v) is 7.04. The smallest absolute Gasteiger partial charge is 0.276 e. The summed E-state index contributed by atoms with van der Waals surface area (Å²) in [5.74, 6) is 0.496. The van der Waals surface area contributed by atoms with E-state index in [1.165, 1.54) is 0 Å². The molecule has 166 valence electrons. The van der Waals surface area contributed by atoms with Crippen LogP contribution in [0.3, 0.4) is 0 Å². The molecule has 3 fully saturated rings. The van der Waals surface area contributed by atoms with Gasteiger partial charge in [-0.15, -0.1) is 24.8 Å². The number of morpholine rings is 1. The molecule has 2 N–H and O–H groups in total. The minimum atomic E-state index is -0.225. The predicted molar refractivity (Wildman–Crippen MR) is 120 cm³/mol. The van der Waals surface area contributed by atoms with Crippen molar-refractivity contribution in [2.75, 3.05) is 32.8 Å². The number of benzene rings is 1. The van der Waals surface area contributed by atoms with E-state index in [1.54, 1.807) is 4.68 Å². The third-order valence-electron chi connectivity index (χ3n) is 7.04. The van der Waals surface area contributed by atoms with Crippen LogP contribution in [0.25, 0.3) is 5.69 Å². The predicted octanol–water partition coefficient (Wildman–Crippen LogP) is 1.11. The van der Waals surface area contributed by atoms with Crippen molar-refractivity contribution in [2.45, 2.75) is 25.2 Å². The van der Waals surface area contributed by atoms with E-state index in [2.05, 4.69) is 10.2 Å². The van der Waals surface area contributed by atoms with E-state index in [-0.39, 0.29) is 54.6 Å². The number of aliphatic hydroxyl groups is 1. The molecule has 1 spiro atoms. The second kappa shape index (κ2) is 8.65. The number of ether oxygens (including phenoxy) is 1. The van der Waals surface area contributed by atoms with Gasteiger partial charge in [0.2, 0.25) is 0 Å².